The molecule has 5 rings (SSSR count). The zero-order chi connectivity index (χ0) is 24.7. The van der Waals surface area contributed by atoms with E-state index in [9.17, 15) is 9.59 Å². The minimum absolute atomic E-state index is 0.0928. The molecule has 3 atom stereocenters. The summed E-state index contributed by atoms with van der Waals surface area (Å²) in [7, 11) is 0. The Balaban J connectivity index is 1.30. The van der Waals surface area contributed by atoms with Crippen molar-refractivity contribution in [1.82, 2.24) is 35.2 Å². The molecule has 11 nitrogen and oxygen atoms in total. The Kier molecular flexibility index (Phi) is 6.22. The molecule has 0 bridgehead atoms. The second-order valence-electron chi connectivity index (χ2n) is 9.21. The summed E-state index contributed by atoms with van der Waals surface area (Å²) in [5.74, 6) is -0.0521. The third-order valence-electron chi connectivity index (χ3n) is 5.97. The largest absolute Gasteiger partial charge is 0.443 e. The number of amides is 2. The predicted molar refractivity (Wildman–Crippen MR) is 126 cm³/mol. The summed E-state index contributed by atoms with van der Waals surface area (Å²) in [6, 6.07) is 3.35. The van der Waals surface area contributed by atoms with E-state index in [-0.39, 0.29) is 28.8 Å². The molecule has 2 saturated carbocycles. The van der Waals surface area contributed by atoms with Crippen LogP contribution in [0.4, 0.5) is 21.0 Å². The summed E-state index contributed by atoms with van der Waals surface area (Å²) in [6.45, 7) is 3.61. The highest BCUT2D eigenvalue weighted by Crippen LogP contribution is 2.38. The minimum Gasteiger partial charge on any atom is -0.443 e. The van der Waals surface area contributed by atoms with Crippen molar-refractivity contribution >= 4 is 41.0 Å². The van der Waals surface area contributed by atoms with Crippen molar-refractivity contribution in [2.45, 2.75) is 69.8 Å². The van der Waals surface area contributed by atoms with Gasteiger partial charge in [0.05, 0.1) is 0 Å². The fraction of sp³-hybridized carbons (Fsp3) is 0.500. The molecule has 2 amide bonds. The zero-order valence-corrected chi connectivity index (χ0v) is 20.0. The van der Waals surface area contributed by atoms with Crippen LogP contribution in [0.5, 0.6) is 0 Å². The third kappa shape index (κ3) is 5.16. The molecule has 3 heterocycles. The topological polar surface area (TPSA) is 138 Å². The number of halogens is 2. The van der Waals surface area contributed by atoms with E-state index >= 15 is 4.39 Å². The van der Waals surface area contributed by atoms with Crippen molar-refractivity contribution in [2.24, 2.45) is 0 Å². The molecular formula is C22H26ClFN8O3. The smallest absolute Gasteiger partial charge is 0.407 e. The maximum absolute atomic E-state index is 15.1. The van der Waals surface area contributed by atoms with E-state index in [4.69, 9.17) is 16.3 Å². The first-order valence-corrected chi connectivity index (χ1v) is 11.9. The summed E-state index contributed by atoms with van der Waals surface area (Å²) >= 11 is 6.16. The number of H-pyrrole nitrogens is 1. The first-order chi connectivity index (χ1) is 16.8. The number of fused-ring (bicyclic) bond motifs is 1. The van der Waals surface area contributed by atoms with Gasteiger partial charge in [0.25, 0.3) is 5.91 Å². The van der Waals surface area contributed by atoms with E-state index in [0.29, 0.717) is 35.9 Å². The second kappa shape index (κ2) is 9.33. The Morgan fingerprint density at radius 2 is 2.03 bits per heavy atom. The molecule has 186 valence electrons. The number of alkyl halides is 1. The van der Waals surface area contributed by atoms with Crippen LogP contribution in [0.2, 0.25) is 5.15 Å². The van der Waals surface area contributed by atoms with Gasteiger partial charge in [-0.15, -0.1) is 0 Å². The molecule has 2 aliphatic carbocycles. The van der Waals surface area contributed by atoms with E-state index in [1.54, 1.807) is 36.6 Å². The SMILES string of the molecule is CC(C)NC(=O)O[C@H]1CC[C@@H](c2cc(Nc3nc(Cl)cc4nc(C(=O)NC5CC5)cn34)n[nH]2)[C@@H]1F. The first-order valence-electron chi connectivity index (χ1n) is 11.6. The number of ether oxygens (including phenoxy) is 1. The maximum atomic E-state index is 15.1. The number of carbonyl (C=O) groups is 2. The van der Waals surface area contributed by atoms with Crippen LogP contribution in [0.15, 0.2) is 18.3 Å². The van der Waals surface area contributed by atoms with Gasteiger partial charge in [0.2, 0.25) is 5.95 Å². The van der Waals surface area contributed by atoms with Gasteiger partial charge in [-0.05, 0) is 39.5 Å². The number of aromatic nitrogens is 5. The molecule has 2 fully saturated rings. The molecule has 0 spiro atoms. The molecule has 0 unspecified atom stereocenters. The number of aromatic amines is 1. The van der Waals surface area contributed by atoms with Crippen LogP contribution in [-0.4, -0.2) is 60.9 Å². The van der Waals surface area contributed by atoms with E-state index in [1.807, 2.05) is 0 Å². The Morgan fingerprint density at radius 1 is 1.23 bits per heavy atom. The van der Waals surface area contributed by atoms with E-state index in [2.05, 4.69) is 36.1 Å². The monoisotopic (exact) mass is 504 g/mol. The van der Waals surface area contributed by atoms with Gasteiger partial charge in [0, 0.05) is 42.0 Å². The Hall–Kier alpha value is -3.41. The van der Waals surface area contributed by atoms with E-state index in [1.165, 1.54) is 0 Å². The van der Waals surface area contributed by atoms with Crippen molar-refractivity contribution in [1.29, 1.82) is 0 Å². The highest BCUT2D eigenvalue weighted by molar-refractivity contribution is 6.29. The van der Waals surface area contributed by atoms with Gasteiger partial charge in [-0.2, -0.15) is 5.10 Å². The normalized spacial score (nSPS) is 21.9. The molecule has 0 radical (unpaired) electrons. The molecule has 0 aliphatic heterocycles. The average Bonchev–Trinajstić information content (AvgIpc) is 3.15. The Morgan fingerprint density at radius 3 is 2.77 bits per heavy atom. The number of hydrogen-bond donors (Lipinski definition) is 4. The number of nitrogens with one attached hydrogen (secondary N) is 4. The van der Waals surface area contributed by atoms with E-state index < -0.39 is 24.3 Å². The molecule has 3 aromatic heterocycles. The molecule has 35 heavy (non-hydrogen) atoms. The summed E-state index contributed by atoms with van der Waals surface area (Å²) < 4.78 is 21.9. The van der Waals surface area contributed by atoms with Crippen molar-refractivity contribution in [3.63, 3.8) is 0 Å². The van der Waals surface area contributed by atoms with Crippen LogP contribution in [0.1, 0.15) is 61.6 Å². The van der Waals surface area contributed by atoms with Gasteiger partial charge < -0.3 is 20.7 Å². The van der Waals surface area contributed by atoms with Gasteiger partial charge in [0.15, 0.2) is 5.82 Å². The van der Waals surface area contributed by atoms with Gasteiger partial charge >= 0.3 is 6.09 Å². The van der Waals surface area contributed by atoms with Crippen LogP contribution in [0, 0.1) is 0 Å². The van der Waals surface area contributed by atoms with Crippen LogP contribution in [0.25, 0.3) is 5.65 Å². The van der Waals surface area contributed by atoms with Gasteiger partial charge in [-0.1, -0.05) is 11.6 Å². The van der Waals surface area contributed by atoms with Gasteiger partial charge in [-0.3, -0.25) is 14.3 Å². The summed E-state index contributed by atoms with van der Waals surface area (Å²) in [5, 5.41) is 15.8. The quantitative estimate of drug-likeness (QED) is 0.361. The molecular weight excluding hydrogens is 479 g/mol. The molecule has 0 saturated heterocycles. The van der Waals surface area contributed by atoms with Crippen molar-refractivity contribution < 1.29 is 18.7 Å². The molecule has 0 aromatic carbocycles. The summed E-state index contributed by atoms with van der Waals surface area (Å²) in [4.78, 5) is 32.9. The lowest BCUT2D eigenvalue weighted by atomic mass is 10.0. The maximum Gasteiger partial charge on any atom is 0.407 e. The number of nitrogens with zero attached hydrogens (tertiary/aromatic N) is 4. The Bertz CT molecular complexity index is 1260. The second-order valence-corrected chi connectivity index (χ2v) is 9.60. The molecule has 4 N–H and O–H groups in total. The number of imidazole rings is 1. The summed E-state index contributed by atoms with van der Waals surface area (Å²) in [5.41, 5.74) is 1.28. The van der Waals surface area contributed by atoms with Crippen LogP contribution in [0.3, 0.4) is 0 Å². The van der Waals surface area contributed by atoms with Crippen molar-refractivity contribution in [3.8, 4) is 0 Å². The minimum atomic E-state index is -1.36. The number of rotatable bonds is 7. The van der Waals surface area contributed by atoms with Gasteiger partial charge in [-0.25, -0.2) is 19.2 Å². The first kappa shape index (κ1) is 23.3. The molecule has 13 heteroatoms. The predicted octanol–water partition coefficient (Wildman–Crippen LogP) is 3.46. The van der Waals surface area contributed by atoms with Crippen molar-refractivity contribution in [2.75, 3.05) is 5.32 Å². The molecule has 2 aliphatic rings. The lowest BCUT2D eigenvalue weighted by Crippen LogP contribution is -2.36. The highest BCUT2D eigenvalue weighted by atomic mass is 35.5. The average molecular weight is 505 g/mol. The summed E-state index contributed by atoms with van der Waals surface area (Å²) in [6.07, 6.45) is 1.63. The lowest BCUT2D eigenvalue weighted by molar-refractivity contribution is 0.0555. The fourth-order valence-corrected chi connectivity index (χ4v) is 4.31. The lowest BCUT2D eigenvalue weighted by Gasteiger charge is -2.18. The standard InChI is InChI=1S/C22H26ClFN8O3/c1-10(2)25-22(34)35-15-6-5-12(19(15)24)13-7-17(31-30-13)29-21-28-16(23)8-18-27-14(9-32(18)21)20(33)26-11-3-4-11/h7-12,15,19H,3-6H2,1-2H3,(H,25,34)(H,26,33)(H2,28,29,30,31)/t12-,15-,19-/m0/s1. The molecule has 3 aromatic rings. The highest BCUT2D eigenvalue weighted by Gasteiger charge is 2.41. The third-order valence-corrected chi connectivity index (χ3v) is 6.16. The van der Waals surface area contributed by atoms with Gasteiger partial charge in [0.1, 0.15) is 28.8 Å². The van der Waals surface area contributed by atoms with E-state index in [0.717, 1.165) is 12.8 Å². The Labute approximate surface area is 205 Å². The fourth-order valence-electron chi connectivity index (χ4n) is 4.13. The number of alkyl carbamates (subject to hydrolysis) is 1. The number of anilines is 2. The van der Waals surface area contributed by atoms with Crippen molar-refractivity contribution in [3.05, 3.63) is 34.9 Å². The number of carbonyl (C=O) groups excluding carboxylic acids is 2. The zero-order valence-electron chi connectivity index (χ0n) is 19.2. The van der Waals surface area contributed by atoms with Crippen LogP contribution < -0.4 is 16.0 Å². The number of hydrogen-bond acceptors (Lipinski definition) is 7. The van der Waals surface area contributed by atoms with Crippen LogP contribution in [-0.2, 0) is 4.74 Å². The van der Waals surface area contributed by atoms with Crippen LogP contribution >= 0.6 is 11.6 Å².